The van der Waals surface area contributed by atoms with Crippen LogP contribution in [0.15, 0.2) is 36.9 Å². The van der Waals surface area contributed by atoms with Crippen molar-refractivity contribution >= 4 is 51.7 Å². The summed E-state index contributed by atoms with van der Waals surface area (Å²) < 4.78 is 11.6. The van der Waals surface area contributed by atoms with Crippen molar-refractivity contribution in [2.45, 2.75) is 19.6 Å². The molecule has 30 heavy (non-hydrogen) atoms. The lowest BCUT2D eigenvalue weighted by molar-refractivity contribution is 0.0996. The Bertz CT molecular complexity index is 1030. The van der Waals surface area contributed by atoms with Crippen LogP contribution in [0.25, 0.3) is 0 Å². The van der Waals surface area contributed by atoms with Crippen LogP contribution in [0, 0.1) is 0 Å². The number of halogens is 2. The van der Waals surface area contributed by atoms with Gasteiger partial charge in [-0.05, 0) is 36.2 Å². The van der Waals surface area contributed by atoms with Crippen LogP contribution in [0.1, 0.15) is 22.3 Å². The highest BCUT2D eigenvalue weighted by Gasteiger charge is 2.22. The zero-order chi connectivity index (χ0) is 21.5. The van der Waals surface area contributed by atoms with Gasteiger partial charge in [-0.2, -0.15) is 4.37 Å². The molecule has 0 bridgehead atoms. The van der Waals surface area contributed by atoms with Gasteiger partial charge in [0.2, 0.25) is 5.88 Å². The van der Waals surface area contributed by atoms with Gasteiger partial charge in [0.1, 0.15) is 17.2 Å². The highest BCUT2D eigenvalue weighted by atomic mass is 35.5. The molecule has 0 spiro atoms. The first-order valence-electron chi connectivity index (χ1n) is 8.81. The number of urea groups is 1. The number of aromatic nitrogens is 3. The Morgan fingerprint density at radius 1 is 1.30 bits per heavy atom. The molecule has 2 heterocycles. The molecule has 158 valence electrons. The summed E-state index contributed by atoms with van der Waals surface area (Å²) in [5.41, 5.74) is 6.07. The number of carbonyl (C=O) groups excluding carboxylic acids is 2. The Labute approximate surface area is 186 Å². The molecule has 3 aromatic rings. The fraction of sp³-hybridized carbons (Fsp3) is 0.222. The lowest BCUT2D eigenvalue weighted by atomic mass is 10.2. The zero-order valence-corrected chi connectivity index (χ0v) is 17.9. The lowest BCUT2D eigenvalue weighted by Gasteiger charge is -2.09. The standard InChI is InChI=1S/C18H18Cl2N6O3S/c19-12-2-3-13(20)11(8-12)9-29-16-14(15(21)27)17(30-25-16)24-18(28)23-4-1-6-26-7-5-22-10-26/h2-3,5,7-8,10H,1,4,6,9H2,(H2,21,27)(H2,23,24,28). The van der Waals surface area contributed by atoms with E-state index in [4.69, 9.17) is 33.7 Å². The molecule has 12 heteroatoms. The number of carbonyl (C=O) groups is 2. The first kappa shape index (κ1) is 21.9. The number of nitrogens with one attached hydrogen (secondary N) is 2. The van der Waals surface area contributed by atoms with Crippen molar-refractivity contribution in [3.05, 3.63) is 58.1 Å². The van der Waals surface area contributed by atoms with Crippen molar-refractivity contribution in [3.8, 4) is 5.88 Å². The topological polar surface area (TPSA) is 124 Å². The minimum absolute atomic E-state index is 0.00767. The van der Waals surface area contributed by atoms with E-state index in [1.165, 1.54) is 0 Å². The van der Waals surface area contributed by atoms with Crippen molar-refractivity contribution < 1.29 is 14.3 Å². The fourth-order valence-electron chi connectivity index (χ4n) is 2.51. The molecular formula is C18H18Cl2N6O3S. The Morgan fingerprint density at radius 2 is 2.13 bits per heavy atom. The van der Waals surface area contributed by atoms with Gasteiger partial charge >= 0.3 is 6.03 Å². The van der Waals surface area contributed by atoms with Gasteiger partial charge in [0.25, 0.3) is 5.91 Å². The largest absolute Gasteiger partial charge is 0.472 e. The van der Waals surface area contributed by atoms with Crippen LogP contribution >= 0.6 is 34.7 Å². The summed E-state index contributed by atoms with van der Waals surface area (Å²) >= 11 is 13.0. The average molecular weight is 469 g/mol. The normalized spacial score (nSPS) is 10.6. The molecule has 2 aromatic heterocycles. The van der Waals surface area contributed by atoms with E-state index < -0.39 is 11.9 Å². The number of nitrogens with zero attached hydrogens (tertiary/aromatic N) is 3. The lowest BCUT2D eigenvalue weighted by Crippen LogP contribution is -2.30. The molecule has 0 aliphatic carbocycles. The third kappa shape index (κ3) is 5.85. The molecule has 0 aliphatic heterocycles. The van der Waals surface area contributed by atoms with Crippen LogP contribution in [-0.4, -0.2) is 32.4 Å². The first-order chi connectivity index (χ1) is 14.4. The Hall–Kier alpha value is -2.82. The molecule has 3 rings (SSSR count). The third-order valence-corrected chi connectivity index (χ3v) is 5.29. The van der Waals surface area contributed by atoms with Crippen molar-refractivity contribution in [2.24, 2.45) is 5.73 Å². The van der Waals surface area contributed by atoms with Gasteiger partial charge in [-0.1, -0.05) is 23.2 Å². The summed E-state index contributed by atoms with van der Waals surface area (Å²) in [5.74, 6) is -0.759. The zero-order valence-electron chi connectivity index (χ0n) is 15.6. The maximum atomic E-state index is 12.1. The van der Waals surface area contributed by atoms with E-state index in [9.17, 15) is 9.59 Å². The molecule has 1 aromatic carbocycles. The van der Waals surface area contributed by atoms with Crippen molar-refractivity contribution in [3.63, 3.8) is 0 Å². The average Bonchev–Trinajstić information content (AvgIpc) is 3.36. The number of imidazole rings is 1. The summed E-state index contributed by atoms with van der Waals surface area (Å²) in [7, 11) is 0. The van der Waals surface area contributed by atoms with E-state index in [1.54, 1.807) is 30.7 Å². The summed E-state index contributed by atoms with van der Waals surface area (Å²) in [6.45, 7) is 1.19. The Balaban J connectivity index is 1.57. The summed E-state index contributed by atoms with van der Waals surface area (Å²) in [6, 6.07) is 4.47. The molecule has 0 saturated carbocycles. The number of primary amides is 1. The number of rotatable bonds is 9. The van der Waals surface area contributed by atoms with Crippen LogP contribution in [-0.2, 0) is 13.2 Å². The van der Waals surface area contributed by atoms with Crippen LogP contribution in [0.4, 0.5) is 9.80 Å². The SMILES string of the molecule is NC(=O)c1c(OCc2cc(Cl)ccc2Cl)nsc1NC(=O)NCCCn1ccnc1. The van der Waals surface area contributed by atoms with Crippen LogP contribution < -0.4 is 21.1 Å². The number of aryl methyl sites for hydroxylation is 1. The minimum atomic E-state index is -0.772. The van der Waals surface area contributed by atoms with Gasteiger partial charge in [0, 0.05) is 41.1 Å². The van der Waals surface area contributed by atoms with Gasteiger partial charge in [-0.3, -0.25) is 10.1 Å². The quantitative estimate of drug-likeness (QED) is 0.414. The minimum Gasteiger partial charge on any atom is -0.472 e. The molecule has 0 atom stereocenters. The molecule has 0 saturated heterocycles. The number of ether oxygens (including phenoxy) is 1. The monoisotopic (exact) mass is 468 g/mol. The van der Waals surface area contributed by atoms with E-state index in [0.717, 1.165) is 18.1 Å². The predicted octanol–water partition coefficient (Wildman–Crippen LogP) is 3.54. The second kappa shape index (κ2) is 10.3. The maximum absolute atomic E-state index is 12.1. The summed E-state index contributed by atoms with van der Waals surface area (Å²) in [5, 5.41) is 6.45. The third-order valence-electron chi connectivity index (χ3n) is 3.94. The molecule has 9 nitrogen and oxygen atoms in total. The van der Waals surface area contributed by atoms with E-state index >= 15 is 0 Å². The van der Waals surface area contributed by atoms with Crippen molar-refractivity contribution in [1.82, 2.24) is 19.2 Å². The molecule has 3 amide bonds. The molecule has 0 fully saturated rings. The van der Waals surface area contributed by atoms with Crippen molar-refractivity contribution in [1.29, 1.82) is 0 Å². The Kier molecular flexibility index (Phi) is 7.50. The van der Waals surface area contributed by atoms with E-state index in [2.05, 4.69) is 20.0 Å². The van der Waals surface area contributed by atoms with E-state index in [1.807, 2.05) is 10.8 Å². The highest BCUT2D eigenvalue weighted by Crippen LogP contribution is 2.31. The summed E-state index contributed by atoms with van der Waals surface area (Å²) in [6.07, 6.45) is 5.95. The second-order valence-electron chi connectivity index (χ2n) is 6.12. The van der Waals surface area contributed by atoms with Crippen molar-refractivity contribution in [2.75, 3.05) is 11.9 Å². The van der Waals surface area contributed by atoms with Crippen LogP contribution in [0.2, 0.25) is 10.0 Å². The van der Waals surface area contributed by atoms with Crippen LogP contribution in [0.3, 0.4) is 0 Å². The van der Waals surface area contributed by atoms with Gasteiger partial charge in [-0.25, -0.2) is 9.78 Å². The summed E-state index contributed by atoms with van der Waals surface area (Å²) in [4.78, 5) is 28.0. The number of hydrogen-bond donors (Lipinski definition) is 3. The van der Waals surface area contributed by atoms with Crippen LogP contribution in [0.5, 0.6) is 5.88 Å². The molecule has 0 unspecified atom stereocenters. The van der Waals surface area contributed by atoms with Gasteiger partial charge in [0.15, 0.2) is 0 Å². The molecular weight excluding hydrogens is 451 g/mol. The smallest absolute Gasteiger partial charge is 0.319 e. The molecule has 0 aliphatic rings. The number of amides is 3. The fourth-order valence-corrected chi connectivity index (χ4v) is 3.61. The van der Waals surface area contributed by atoms with Gasteiger partial charge in [0.05, 0.1) is 6.33 Å². The second-order valence-corrected chi connectivity index (χ2v) is 7.73. The number of benzene rings is 1. The van der Waals surface area contributed by atoms with Gasteiger partial charge in [-0.15, -0.1) is 0 Å². The predicted molar refractivity (Wildman–Crippen MR) is 115 cm³/mol. The van der Waals surface area contributed by atoms with Gasteiger partial charge < -0.3 is 20.4 Å². The maximum Gasteiger partial charge on any atom is 0.319 e. The number of nitrogens with two attached hydrogens (primary N) is 1. The number of hydrogen-bond acceptors (Lipinski definition) is 6. The Morgan fingerprint density at radius 3 is 2.87 bits per heavy atom. The molecule has 4 N–H and O–H groups in total. The highest BCUT2D eigenvalue weighted by molar-refractivity contribution is 7.11. The first-order valence-corrected chi connectivity index (χ1v) is 10.3. The van der Waals surface area contributed by atoms with E-state index in [0.29, 0.717) is 28.6 Å². The molecule has 0 radical (unpaired) electrons. The number of anilines is 1. The van der Waals surface area contributed by atoms with E-state index in [-0.39, 0.29) is 23.1 Å².